The summed E-state index contributed by atoms with van der Waals surface area (Å²) in [6.07, 6.45) is 3.53. The Balaban J connectivity index is 1.65. The third-order valence-electron chi connectivity index (χ3n) is 6.30. The number of carbonyl (C=O) groups is 1. The second kappa shape index (κ2) is 10.6. The first kappa shape index (κ1) is 24.9. The molecule has 0 aliphatic carbocycles. The van der Waals surface area contributed by atoms with Crippen LogP contribution < -0.4 is 10.2 Å². The van der Waals surface area contributed by atoms with Gasteiger partial charge in [0.2, 0.25) is 10.0 Å². The lowest BCUT2D eigenvalue weighted by atomic mass is 10.1. The number of nitrogens with zero attached hydrogens (tertiary/aromatic N) is 5. The number of sulfonamides is 1. The lowest BCUT2D eigenvalue weighted by Gasteiger charge is -2.35. The van der Waals surface area contributed by atoms with Gasteiger partial charge in [-0.05, 0) is 55.6 Å². The maximum Gasteiger partial charge on any atom is 0.255 e. The third-order valence-corrected chi connectivity index (χ3v) is 8.35. The summed E-state index contributed by atoms with van der Waals surface area (Å²) in [6, 6.07) is 14.0. The molecule has 186 valence electrons. The normalized spacial score (nSPS) is 14.9. The second-order valence-corrected chi connectivity index (χ2v) is 10.4. The second-order valence-electron chi connectivity index (χ2n) is 8.51. The van der Waals surface area contributed by atoms with Gasteiger partial charge in [-0.2, -0.15) is 9.40 Å². The van der Waals surface area contributed by atoms with Crippen LogP contribution in [0.2, 0.25) is 0 Å². The predicted octanol–water partition coefficient (Wildman–Crippen LogP) is 2.91. The van der Waals surface area contributed by atoms with Crippen molar-refractivity contribution in [1.29, 1.82) is 0 Å². The summed E-state index contributed by atoms with van der Waals surface area (Å²) >= 11 is 0. The Labute approximate surface area is 207 Å². The molecule has 35 heavy (non-hydrogen) atoms. The summed E-state index contributed by atoms with van der Waals surface area (Å²) < 4.78 is 29.5. The molecule has 1 fully saturated rings. The Morgan fingerprint density at radius 1 is 1.03 bits per heavy atom. The first-order valence-corrected chi connectivity index (χ1v) is 13.3. The van der Waals surface area contributed by atoms with Gasteiger partial charge >= 0.3 is 0 Å². The molecule has 9 nitrogen and oxygen atoms in total. The largest absolute Gasteiger partial charge is 0.367 e. The monoisotopic (exact) mass is 496 g/mol. The highest BCUT2D eigenvalue weighted by atomic mass is 32.2. The van der Waals surface area contributed by atoms with Crippen LogP contribution in [0.5, 0.6) is 0 Å². The molecular formula is C25H32N6O3S. The zero-order valence-corrected chi connectivity index (χ0v) is 21.2. The van der Waals surface area contributed by atoms with Crippen LogP contribution in [0.25, 0.3) is 5.69 Å². The number of hydrogen-bond donors (Lipinski definition) is 1. The summed E-state index contributed by atoms with van der Waals surface area (Å²) in [5.41, 5.74) is 2.63. The molecule has 1 amide bonds. The van der Waals surface area contributed by atoms with Gasteiger partial charge in [-0.3, -0.25) is 4.79 Å². The van der Waals surface area contributed by atoms with E-state index in [1.165, 1.54) is 4.31 Å². The number of piperazine rings is 1. The van der Waals surface area contributed by atoms with Crippen LogP contribution in [0, 0.1) is 0 Å². The lowest BCUT2D eigenvalue weighted by molar-refractivity contribution is 0.102. The number of rotatable bonds is 8. The van der Waals surface area contributed by atoms with Crippen molar-refractivity contribution in [3.63, 3.8) is 0 Å². The van der Waals surface area contributed by atoms with Crippen LogP contribution >= 0.6 is 0 Å². The van der Waals surface area contributed by atoms with Crippen molar-refractivity contribution >= 4 is 27.3 Å². The van der Waals surface area contributed by atoms with E-state index in [-0.39, 0.29) is 10.8 Å². The van der Waals surface area contributed by atoms with Crippen molar-refractivity contribution in [3.8, 4) is 5.69 Å². The van der Waals surface area contributed by atoms with Gasteiger partial charge in [0.1, 0.15) is 0 Å². The number of amides is 1. The fourth-order valence-electron chi connectivity index (χ4n) is 4.19. The number of carbonyl (C=O) groups excluding carboxylic acids is 1. The van der Waals surface area contributed by atoms with Crippen molar-refractivity contribution in [2.24, 2.45) is 0 Å². The molecule has 0 radical (unpaired) electrons. The zero-order valence-electron chi connectivity index (χ0n) is 20.4. The predicted molar refractivity (Wildman–Crippen MR) is 138 cm³/mol. The van der Waals surface area contributed by atoms with E-state index >= 15 is 0 Å². The number of anilines is 2. The molecule has 0 saturated carbocycles. The van der Waals surface area contributed by atoms with E-state index in [9.17, 15) is 13.2 Å². The first-order chi connectivity index (χ1) is 16.8. The van der Waals surface area contributed by atoms with Crippen molar-refractivity contribution in [1.82, 2.24) is 19.0 Å². The molecule has 1 saturated heterocycles. The number of nitrogens with one attached hydrogen (secondary N) is 1. The van der Waals surface area contributed by atoms with Crippen LogP contribution in [0.15, 0.2) is 65.8 Å². The van der Waals surface area contributed by atoms with Crippen molar-refractivity contribution in [2.75, 3.05) is 56.5 Å². The SMILES string of the molecule is CCN(CC)S(=O)(=O)c1ccc(N2CCN(C)CC2)c(NC(=O)c2ccc(-n3cccn3)cc2)c1. The van der Waals surface area contributed by atoms with Crippen LogP contribution in [0.1, 0.15) is 24.2 Å². The average Bonchev–Trinajstić information content (AvgIpc) is 3.40. The standard InChI is InChI=1S/C25H32N6O3S/c1-4-30(5-2)35(33,34)22-11-12-24(29-17-15-28(3)16-18-29)23(19-22)27-25(32)20-7-9-21(10-8-20)31-14-6-13-26-31/h6-14,19H,4-5,15-18H2,1-3H3,(H,27,32). The van der Waals surface area contributed by atoms with Crippen molar-refractivity contribution < 1.29 is 13.2 Å². The quantitative estimate of drug-likeness (QED) is 0.516. The van der Waals surface area contributed by atoms with Crippen LogP contribution in [0.3, 0.4) is 0 Å². The lowest BCUT2D eigenvalue weighted by Crippen LogP contribution is -2.44. The summed E-state index contributed by atoms with van der Waals surface area (Å²) in [5, 5.41) is 7.18. The topological polar surface area (TPSA) is 90.8 Å². The highest BCUT2D eigenvalue weighted by molar-refractivity contribution is 7.89. The Morgan fingerprint density at radius 2 is 1.71 bits per heavy atom. The molecule has 1 aromatic heterocycles. The molecule has 10 heteroatoms. The average molecular weight is 497 g/mol. The van der Waals surface area contributed by atoms with Gasteiger partial charge in [0.15, 0.2) is 0 Å². The molecule has 1 aliphatic rings. The molecular weight excluding hydrogens is 464 g/mol. The summed E-state index contributed by atoms with van der Waals surface area (Å²) in [4.78, 5) is 17.8. The number of benzene rings is 2. The van der Waals surface area contributed by atoms with Crippen LogP contribution in [0.4, 0.5) is 11.4 Å². The van der Waals surface area contributed by atoms with Gasteiger partial charge in [0.25, 0.3) is 5.91 Å². The molecule has 2 aromatic carbocycles. The Kier molecular flexibility index (Phi) is 7.54. The van der Waals surface area contributed by atoms with E-state index in [2.05, 4.69) is 27.3 Å². The van der Waals surface area contributed by atoms with Gasteiger partial charge in [0, 0.05) is 57.2 Å². The zero-order chi connectivity index (χ0) is 25.0. The number of likely N-dealkylation sites (N-methyl/N-ethyl adjacent to an activating group) is 1. The van der Waals surface area contributed by atoms with E-state index < -0.39 is 10.0 Å². The van der Waals surface area contributed by atoms with Gasteiger partial charge < -0.3 is 15.1 Å². The minimum Gasteiger partial charge on any atom is -0.367 e. The molecule has 3 aromatic rings. The molecule has 2 heterocycles. The first-order valence-electron chi connectivity index (χ1n) is 11.8. The van der Waals surface area contributed by atoms with Gasteiger partial charge in [0.05, 0.1) is 22.0 Å². The fraction of sp³-hybridized carbons (Fsp3) is 0.360. The van der Waals surface area contributed by atoms with Crippen molar-refractivity contribution in [2.45, 2.75) is 18.7 Å². The summed E-state index contributed by atoms with van der Waals surface area (Å²) in [5.74, 6) is -0.301. The Morgan fingerprint density at radius 3 is 2.31 bits per heavy atom. The smallest absolute Gasteiger partial charge is 0.255 e. The fourth-order valence-corrected chi connectivity index (χ4v) is 5.68. The van der Waals surface area contributed by atoms with Crippen LogP contribution in [-0.2, 0) is 10.0 Å². The number of aromatic nitrogens is 2. The third kappa shape index (κ3) is 5.39. The van der Waals surface area contributed by atoms with Crippen LogP contribution in [-0.4, -0.2) is 79.6 Å². The maximum atomic E-state index is 13.2. The molecule has 4 rings (SSSR count). The van der Waals surface area contributed by atoms with Crippen molar-refractivity contribution in [3.05, 3.63) is 66.5 Å². The molecule has 0 bridgehead atoms. The summed E-state index contributed by atoms with van der Waals surface area (Å²) in [6.45, 7) is 7.75. The maximum absolute atomic E-state index is 13.2. The Bertz CT molecular complexity index is 1250. The molecule has 1 N–H and O–H groups in total. The van der Waals surface area contributed by atoms with Gasteiger partial charge in [-0.1, -0.05) is 13.8 Å². The molecule has 1 aliphatic heterocycles. The summed E-state index contributed by atoms with van der Waals surface area (Å²) in [7, 11) is -1.59. The highest BCUT2D eigenvalue weighted by Crippen LogP contribution is 2.31. The van der Waals surface area contributed by atoms with E-state index in [0.717, 1.165) is 37.6 Å². The van der Waals surface area contributed by atoms with Gasteiger partial charge in [-0.25, -0.2) is 13.1 Å². The Hall–Kier alpha value is -3.21. The molecule has 0 atom stereocenters. The van der Waals surface area contributed by atoms with E-state index in [1.807, 2.05) is 38.2 Å². The van der Waals surface area contributed by atoms with E-state index in [0.29, 0.717) is 24.3 Å². The molecule has 0 unspecified atom stereocenters. The molecule has 0 spiro atoms. The van der Waals surface area contributed by atoms with E-state index in [1.54, 1.807) is 41.2 Å². The van der Waals surface area contributed by atoms with Gasteiger partial charge in [-0.15, -0.1) is 0 Å². The minimum atomic E-state index is -3.67. The number of hydrogen-bond acceptors (Lipinski definition) is 6. The van der Waals surface area contributed by atoms with E-state index in [4.69, 9.17) is 0 Å². The minimum absolute atomic E-state index is 0.170. The highest BCUT2D eigenvalue weighted by Gasteiger charge is 2.25.